The van der Waals surface area contributed by atoms with E-state index < -0.39 is 11.4 Å². The summed E-state index contributed by atoms with van der Waals surface area (Å²) in [6, 6.07) is 2.04. The number of carboxylic acid groups (broad SMARTS) is 1. The number of nitrogens with zero attached hydrogens (tertiary/aromatic N) is 1. The Morgan fingerprint density at radius 1 is 1.59 bits per heavy atom. The van der Waals surface area contributed by atoms with Crippen molar-refractivity contribution in [1.29, 1.82) is 0 Å². The van der Waals surface area contributed by atoms with Crippen LogP contribution in [0.1, 0.15) is 37.3 Å². The summed E-state index contributed by atoms with van der Waals surface area (Å²) in [5.41, 5.74) is 1.57. The molecule has 0 aromatic carbocycles. The molecule has 17 heavy (non-hydrogen) atoms. The molecule has 3 heteroatoms. The van der Waals surface area contributed by atoms with Crippen molar-refractivity contribution < 1.29 is 9.90 Å². The number of pyridine rings is 1. The maximum Gasteiger partial charge on any atom is 0.309 e. The van der Waals surface area contributed by atoms with Crippen molar-refractivity contribution in [3.05, 3.63) is 29.6 Å². The maximum absolute atomic E-state index is 11.5. The van der Waals surface area contributed by atoms with Gasteiger partial charge in [0.05, 0.1) is 5.41 Å². The van der Waals surface area contributed by atoms with Crippen molar-refractivity contribution in [2.75, 3.05) is 0 Å². The van der Waals surface area contributed by atoms with E-state index in [1.807, 2.05) is 13.0 Å². The van der Waals surface area contributed by atoms with Gasteiger partial charge in [-0.15, -0.1) is 0 Å². The van der Waals surface area contributed by atoms with E-state index in [0.717, 1.165) is 30.4 Å². The summed E-state index contributed by atoms with van der Waals surface area (Å²) in [6.07, 6.45) is 6.80. The van der Waals surface area contributed by atoms with Crippen molar-refractivity contribution in [2.24, 2.45) is 11.3 Å². The fourth-order valence-corrected chi connectivity index (χ4v) is 2.93. The van der Waals surface area contributed by atoms with E-state index in [2.05, 4.69) is 11.9 Å². The van der Waals surface area contributed by atoms with Crippen LogP contribution in [0, 0.1) is 18.3 Å². The van der Waals surface area contributed by atoms with Gasteiger partial charge in [0.15, 0.2) is 0 Å². The quantitative estimate of drug-likeness (QED) is 0.873. The standard InChI is InChI=1S/C14H19NO2/c1-10-3-4-14(6-10,13(16)17)7-12-5-11(2)8-15-9-12/h5,8-10H,3-4,6-7H2,1-2H3,(H,16,17). The predicted octanol–water partition coefficient (Wildman–Crippen LogP) is 2.82. The second kappa shape index (κ2) is 4.47. The number of aliphatic carboxylic acids is 1. The highest BCUT2D eigenvalue weighted by Crippen LogP contribution is 2.44. The molecule has 0 bridgehead atoms. The van der Waals surface area contributed by atoms with Gasteiger partial charge >= 0.3 is 5.97 Å². The molecule has 92 valence electrons. The van der Waals surface area contributed by atoms with E-state index >= 15 is 0 Å². The summed E-state index contributed by atoms with van der Waals surface area (Å²) in [5.74, 6) is -0.132. The minimum atomic E-state index is -0.650. The van der Waals surface area contributed by atoms with Crippen LogP contribution < -0.4 is 0 Å². The Labute approximate surface area is 102 Å². The lowest BCUT2D eigenvalue weighted by molar-refractivity contribution is -0.148. The van der Waals surface area contributed by atoms with Crippen LogP contribution in [-0.4, -0.2) is 16.1 Å². The summed E-state index contributed by atoms with van der Waals surface area (Å²) in [7, 11) is 0. The minimum Gasteiger partial charge on any atom is -0.481 e. The lowest BCUT2D eigenvalue weighted by Crippen LogP contribution is -2.30. The Morgan fingerprint density at radius 3 is 2.88 bits per heavy atom. The van der Waals surface area contributed by atoms with Crippen molar-refractivity contribution in [3.63, 3.8) is 0 Å². The van der Waals surface area contributed by atoms with Crippen molar-refractivity contribution in [3.8, 4) is 0 Å². The molecule has 3 nitrogen and oxygen atoms in total. The summed E-state index contributed by atoms with van der Waals surface area (Å²) in [6.45, 7) is 4.13. The molecule has 1 aromatic heterocycles. The van der Waals surface area contributed by atoms with Crippen LogP contribution in [0.2, 0.25) is 0 Å². The van der Waals surface area contributed by atoms with E-state index in [4.69, 9.17) is 0 Å². The Bertz CT molecular complexity index is 430. The van der Waals surface area contributed by atoms with Gasteiger partial charge in [0.1, 0.15) is 0 Å². The first-order valence-corrected chi connectivity index (χ1v) is 6.16. The molecule has 1 aliphatic rings. The van der Waals surface area contributed by atoms with Crippen LogP contribution >= 0.6 is 0 Å². The summed E-state index contributed by atoms with van der Waals surface area (Å²) >= 11 is 0. The van der Waals surface area contributed by atoms with Gasteiger partial charge in [0.2, 0.25) is 0 Å². The summed E-state index contributed by atoms with van der Waals surface area (Å²) in [4.78, 5) is 15.7. The molecule has 1 saturated carbocycles. The monoisotopic (exact) mass is 233 g/mol. The van der Waals surface area contributed by atoms with Crippen LogP contribution in [0.15, 0.2) is 18.5 Å². The number of hydrogen-bond donors (Lipinski definition) is 1. The molecule has 0 radical (unpaired) electrons. The molecular formula is C14H19NO2. The number of carbonyl (C=O) groups is 1. The van der Waals surface area contributed by atoms with Crippen LogP contribution in [-0.2, 0) is 11.2 Å². The van der Waals surface area contributed by atoms with Gasteiger partial charge in [-0.05, 0) is 49.7 Å². The number of carboxylic acids is 1. The van der Waals surface area contributed by atoms with Gasteiger partial charge in [-0.2, -0.15) is 0 Å². The number of rotatable bonds is 3. The summed E-state index contributed by atoms with van der Waals surface area (Å²) < 4.78 is 0. The molecule has 1 fully saturated rings. The van der Waals surface area contributed by atoms with Gasteiger partial charge in [0.25, 0.3) is 0 Å². The third kappa shape index (κ3) is 2.48. The van der Waals surface area contributed by atoms with Gasteiger partial charge < -0.3 is 5.11 Å². The van der Waals surface area contributed by atoms with E-state index in [9.17, 15) is 9.90 Å². The van der Waals surface area contributed by atoms with Gasteiger partial charge in [-0.1, -0.05) is 13.0 Å². The zero-order valence-electron chi connectivity index (χ0n) is 10.4. The molecule has 2 atom stereocenters. The van der Waals surface area contributed by atoms with Crippen LogP contribution in [0.5, 0.6) is 0 Å². The lowest BCUT2D eigenvalue weighted by atomic mass is 9.79. The molecule has 1 aliphatic carbocycles. The first kappa shape index (κ1) is 12.1. The van der Waals surface area contributed by atoms with E-state index in [1.54, 1.807) is 12.4 Å². The van der Waals surface area contributed by atoms with Crippen LogP contribution in [0.3, 0.4) is 0 Å². The lowest BCUT2D eigenvalue weighted by Gasteiger charge is -2.24. The number of aryl methyl sites for hydroxylation is 1. The molecule has 1 heterocycles. The van der Waals surface area contributed by atoms with Crippen LogP contribution in [0.25, 0.3) is 0 Å². The smallest absolute Gasteiger partial charge is 0.309 e. The second-order valence-electron chi connectivity index (χ2n) is 5.48. The molecule has 0 amide bonds. The van der Waals surface area contributed by atoms with Crippen molar-refractivity contribution >= 4 is 5.97 Å². The highest BCUT2D eigenvalue weighted by atomic mass is 16.4. The second-order valence-corrected chi connectivity index (χ2v) is 5.48. The van der Waals surface area contributed by atoms with E-state index in [0.29, 0.717) is 12.3 Å². The van der Waals surface area contributed by atoms with E-state index in [-0.39, 0.29) is 0 Å². The average molecular weight is 233 g/mol. The molecule has 0 saturated heterocycles. The maximum atomic E-state index is 11.5. The Hall–Kier alpha value is -1.38. The highest BCUT2D eigenvalue weighted by Gasteiger charge is 2.44. The average Bonchev–Trinajstić information content (AvgIpc) is 2.61. The fourth-order valence-electron chi connectivity index (χ4n) is 2.93. The first-order chi connectivity index (χ1) is 8.02. The third-order valence-corrected chi connectivity index (χ3v) is 3.78. The Balaban J connectivity index is 2.22. The van der Waals surface area contributed by atoms with E-state index in [1.165, 1.54) is 0 Å². The SMILES string of the molecule is Cc1cncc(CC2(C(=O)O)CCC(C)C2)c1. The van der Waals surface area contributed by atoms with Crippen LogP contribution in [0.4, 0.5) is 0 Å². The molecule has 2 rings (SSSR count). The van der Waals surface area contributed by atoms with Gasteiger partial charge in [-0.3, -0.25) is 9.78 Å². The van der Waals surface area contributed by atoms with Crippen molar-refractivity contribution in [1.82, 2.24) is 4.98 Å². The largest absolute Gasteiger partial charge is 0.481 e. The van der Waals surface area contributed by atoms with Gasteiger partial charge in [0, 0.05) is 12.4 Å². The molecule has 1 N–H and O–H groups in total. The zero-order valence-corrected chi connectivity index (χ0v) is 10.4. The highest BCUT2D eigenvalue weighted by molar-refractivity contribution is 5.75. The predicted molar refractivity (Wildman–Crippen MR) is 65.8 cm³/mol. The third-order valence-electron chi connectivity index (χ3n) is 3.78. The molecule has 0 aliphatic heterocycles. The molecule has 0 spiro atoms. The first-order valence-electron chi connectivity index (χ1n) is 6.16. The Kier molecular flexibility index (Phi) is 3.18. The van der Waals surface area contributed by atoms with Crippen molar-refractivity contribution in [2.45, 2.75) is 39.5 Å². The Morgan fingerprint density at radius 2 is 2.35 bits per heavy atom. The number of hydrogen-bond acceptors (Lipinski definition) is 2. The van der Waals surface area contributed by atoms with Gasteiger partial charge in [-0.25, -0.2) is 0 Å². The molecule has 1 aromatic rings. The summed E-state index contributed by atoms with van der Waals surface area (Å²) in [5, 5.41) is 9.49. The normalized spacial score (nSPS) is 28.2. The topological polar surface area (TPSA) is 50.2 Å². The fraction of sp³-hybridized carbons (Fsp3) is 0.571. The molecule has 2 unspecified atom stereocenters. The zero-order chi connectivity index (χ0) is 12.5. The minimum absolute atomic E-state index is 0.517. The molecular weight excluding hydrogens is 214 g/mol. The number of aromatic nitrogens is 1.